The second kappa shape index (κ2) is 6.31. The highest BCUT2D eigenvalue weighted by Crippen LogP contribution is 2.25. The van der Waals surface area contributed by atoms with E-state index in [1.807, 2.05) is 23.1 Å². The molecule has 22 heavy (non-hydrogen) atoms. The van der Waals surface area contributed by atoms with Gasteiger partial charge >= 0.3 is 0 Å². The number of hydrogen-bond donors (Lipinski definition) is 2. The van der Waals surface area contributed by atoms with Gasteiger partial charge in [-0.2, -0.15) is 5.10 Å². The molecule has 0 saturated heterocycles. The molecule has 0 fully saturated rings. The Morgan fingerprint density at radius 2 is 1.95 bits per heavy atom. The van der Waals surface area contributed by atoms with E-state index in [0.717, 1.165) is 11.5 Å². The van der Waals surface area contributed by atoms with E-state index < -0.39 is 0 Å². The molecule has 3 rings (SSSR count). The first-order valence-electron chi connectivity index (χ1n) is 6.79. The minimum Gasteiger partial charge on any atom is -0.324 e. The number of anilines is 2. The Balaban J connectivity index is 1.91. The van der Waals surface area contributed by atoms with Gasteiger partial charge in [0.15, 0.2) is 0 Å². The minimum absolute atomic E-state index is 0.288. The van der Waals surface area contributed by atoms with Crippen LogP contribution in [0.3, 0.4) is 0 Å². The van der Waals surface area contributed by atoms with Gasteiger partial charge in [0.05, 0.1) is 6.04 Å². The number of nitrogens with zero attached hydrogens (tertiary/aromatic N) is 4. The fourth-order valence-corrected chi connectivity index (χ4v) is 2.14. The third kappa shape index (κ3) is 3.09. The summed E-state index contributed by atoms with van der Waals surface area (Å²) in [6.45, 7) is 0.428. The molecule has 7 heteroatoms. The lowest BCUT2D eigenvalue weighted by Gasteiger charge is -2.26. The van der Waals surface area contributed by atoms with Crippen molar-refractivity contribution in [3.8, 4) is 0 Å². The summed E-state index contributed by atoms with van der Waals surface area (Å²) in [5.41, 5.74) is 6.97. The number of rotatable bonds is 5. The van der Waals surface area contributed by atoms with Gasteiger partial charge < -0.3 is 10.6 Å². The van der Waals surface area contributed by atoms with Gasteiger partial charge in [0.25, 0.3) is 0 Å². The second-order valence-corrected chi connectivity index (χ2v) is 4.75. The standard InChI is InChI=1S/C15H15FN6/c16-11-4-6-12(7-5-11)22(14-3-1-2-8-18-14)9-13(17)15-19-10-20-21-15/h1-8,10,13H,9,17H2,(H,19,20,21). The summed E-state index contributed by atoms with van der Waals surface area (Å²) < 4.78 is 13.2. The molecule has 6 nitrogen and oxygen atoms in total. The third-order valence-corrected chi connectivity index (χ3v) is 3.23. The van der Waals surface area contributed by atoms with E-state index in [2.05, 4.69) is 20.2 Å². The Hall–Kier alpha value is -2.80. The smallest absolute Gasteiger partial charge is 0.142 e. The second-order valence-electron chi connectivity index (χ2n) is 4.75. The number of nitrogens with two attached hydrogens (primary N) is 1. The lowest BCUT2D eigenvalue weighted by molar-refractivity contribution is 0.627. The van der Waals surface area contributed by atoms with Crippen LogP contribution in [0, 0.1) is 5.82 Å². The molecule has 2 aromatic heterocycles. The SMILES string of the molecule is NC(CN(c1ccc(F)cc1)c1ccccn1)c1ncn[nH]1. The summed E-state index contributed by atoms with van der Waals surface area (Å²) in [6, 6.07) is 11.4. The van der Waals surface area contributed by atoms with Crippen LogP contribution < -0.4 is 10.6 Å². The Bertz CT molecular complexity index is 699. The first-order valence-corrected chi connectivity index (χ1v) is 6.79. The molecule has 0 aliphatic heterocycles. The van der Waals surface area contributed by atoms with Crippen LogP contribution in [0.4, 0.5) is 15.9 Å². The molecule has 1 unspecified atom stereocenters. The molecule has 3 aromatic rings. The highest BCUT2D eigenvalue weighted by atomic mass is 19.1. The molecule has 0 radical (unpaired) electrons. The normalized spacial score (nSPS) is 12.1. The molecule has 1 atom stereocenters. The maximum Gasteiger partial charge on any atom is 0.142 e. The van der Waals surface area contributed by atoms with Crippen LogP contribution in [-0.2, 0) is 0 Å². The van der Waals surface area contributed by atoms with Crippen molar-refractivity contribution >= 4 is 11.5 Å². The Morgan fingerprint density at radius 3 is 2.59 bits per heavy atom. The molecular weight excluding hydrogens is 283 g/mol. The number of pyridine rings is 1. The van der Waals surface area contributed by atoms with Gasteiger partial charge in [0, 0.05) is 18.4 Å². The van der Waals surface area contributed by atoms with Crippen LogP contribution in [-0.4, -0.2) is 26.7 Å². The van der Waals surface area contributed by atoms with Crippen LogP contribution in [0.2, 0.25) is 0 Å². The zero-order valence-corrected chi connectivity index (χ0v) is 11.7. The molecule has 1 aromatic carbocycles. The van der Waals surface area contributed by atoms with Gasteiger partial charge in [-0.25, -0.2) is 14.4 Å². The van der Waals surface area contributed by atoms with Crippen molar-refractivity contribution in [2.24, 2.45) is 5.73 Å². The first-order chi connectivity index (χ1) is 10.7. The Kier molecular flexibility index (Phi) is 4.06. The lowest BCUT2D eigenvalue weighted by Crippen LogP contribution is -2.30. The largest absolute Gasteiger partial charge is 0.324 e. The van der Waals surface area contributed by atoms with Gasteiger partial charge in [-0.1, -0.05) is 6.07 Å². The molecule has 2 heterocycles. The first kappa shape index (κ1) is 14.2. The monoisotopic (exact) mass is 298 g/mol. The summed E-state index contributed by atoms with van der Waals surface area (Å²) in [7, 11) is 0. The average Bonchev–Trinajstić information content (AvgIpc) is 3.09. The molecule has 0 aliphatic rings. The van der Waals surface area contributed by atoms with E-state index in [-0.39, 0.29) is 11.9 Å². The number of aromatic nitrogens is 4. The quantitative estimate of drug-likeness (QED) is 0.754. The average molecular weight is 298 g/mol. The van der Waals surface area contributed by atoms with Gasteiger partial charge in [-0.05, 0) is 36.4 Å². The maximum absolute atomic E-state index is 13.2. The summed E-state index contributed by atoms with van der Waals surface area (Å²) >= 11 is 0. The Labute approximate surface area is 126 Å². The van der Waals surface area contributed by atoms with Crippen LogP contribution in [0.5, 0.6) is 0 Å². The van der Waals surface area contributed by atoms with E-state index in [0.29, 0.717) is 12.4 Å². The minimum atomic E-state index is -0.380. The van der Waals surface area contributed by atoms with Gasteiger partial charge in [0.2, 0.25) is 0 Å². The number of halogens is 1. The predicted octanol–water partition coefficient (Wildman–Crippen LogP) is 2.18. The highest BCUT2D eigenvalue weighted by Gasteiger charge is 2.17. The van der Waals surface area contributed by atoms with E-state index in [1.54, 1.807) is 18.3 Å². The van der Waals surface area contributed by atoms with Crippen molar-refractivity contribution in [2.75, 3.05) is 11.4 Å². The fourth-order valence-electron chi connectivity index (χ4n) is 2.14. The molecule has 3 N–H and O–H groups in total. The van der Waals surface area contributed by atoms with Crippen LogP contribution in [0.25, 0.3) is 0 Å². The summed E-state index contributed by atoms with van der Waals surface area (Å²) in [5, 5.41) is 6.57. The lowest BCUT2D eigenvalue weighted by atomic mass is 10.2. The number of benzene rings is 1. The summed E-state index contributed by atoms with van der Waals surface area (Å²) in [5.74, 6) is 1.02. The van der Waals surface area contributed by atoms with Gasteiger partial charge in [-0.15, -0.1) is 0 Å². The molecule has 0 bridgehead atoms. The summed E-state index contributed by atoms with van der Waals surface area (Å²) in [4.78, 5) is 10.3. The van der Waals surface area contributed by atoms with E-state index in [9.17, 15) is 4.39 Å². The third-order valence-electron chi connectivity index (χ3n) is 3.23. The van der Waals surface area contributed by atoms with E-state index in [1.165, 1.54) is 18.5 Å². The number of hydrogen-bond acceptors (Lipinski definition) is 5. The number of aromatic amines is 1. The topological polar surface area (TPSA) is 83.7 Å². The van der Waals surface area contributed by atoms with Crippen molar-refractivity contribution in [3.05, 3.63) is 66.6 Å². The Morgan fingerprint density at radius 1 is 1.14 bits per heavy atom. The molecule has 0 saturated carbocycles. The molecule has 0 aliphatic carbocycles. The number of H-pyrrole nitrogens is 1. The van der Waals surface area contributed by atoms with Crippen molar-refractivity contribution in [1.29, 1.82) is 0 Å². The van der Waals surface area contributed by atoms with Crippen molar-refractivity contribution < 1.29 is 4.39 Å². The zero-order chi connectivity index (χ0) is 15.4. The zero-order valence-electron chi connectivity index (χ0n) is 11.7. The van der Waals surface area contributed by atoms with Crippen LogP contribution in [0.15, 0.2) is 55.0 Å². The maximum atomic E-state index is 13.2. The van der Waals surface area contributed by atoms with Crippen molar-refractivity contribution in [3.63, 3.8) is 0 Å². The van der Waals surface area contributed by atoms with E-state index >= 15 is 0 Å². The molecule has 0 spiro atoms. The summed E-state index contributed by atoms with van der Waals surface area (Å²) in [6.07, 6.45) is 3.12. The molecule has 112 valence electrons. The predicted molar refractivity (Wildman–Crippen MR) is 81.0 cm³/mol. The fraction of sp³-hybridized carbons (Fsp3) is 0.133. The molecule has 0 amide bonds. The van der Waals surface area contributed by atoms with E-state index in [4.69, 9.17) is 5.73 Å². The van der Waals surface area contributed by atoms with Crippen LogP contribution in [0.1, 0.15) is 11.9 Å². The number of nitrogens with one attached hydrogen (secondary N) is 1. The molecular formula is C15H15FN6. The van der Waals surface area contributed by atoms with Crippen LogP contribution >= 0.6 is 0 Å². The van der Waals surface area contributed by atoms with Gasteiger partial charge in [-0.3, -0.25) is 5.10 Å². The van der Waals surface area contributed by atoms with Crippen molar-refractivity contribution in [2.45, 2.75) is 6.04 Å². The van der Waals surface area contributed by atoms with Gasteiger partial charge in [0.1, 0.15) is 23.8 Å². The highest BCUT2D eigenvalue weighted by molar-refractivity contribution is 5.59. The van der Waals surface area contributed by atoms with Crippen molar-refractivity contribution in [1.82, 2.24) is 20.2 Å².